The van der Waals surface area contributed by atoms with Crippen molar-refractivity contribution in [3.8, 4) is 11.8 Å². The summed E-state index contributed by atoms with van der Waals surface area (Å²) in [5, 5.41) is 14.1. The number of hydrogen-bond donors (Lipinski definition) is 2. The molecule has 1 aliphatic rings. The van der Waals surface area contributed by atoms with Crippen LogP contribution in [0, 0.1) is 17.3 Å². The predicted molar refractivity (Wildman–Crippen MR) is 127 cm³/mol. The van der Waals surface area contributed by atoms with Gasteiger partial charge in [-0.15, -0.1) is 17.3 Å². The summed E-state index contributed by atoms with van der Waals surface area (Å²) in [5.74, 6) is 6.14. The van der Waals surface area contributed by atoms with E-state index in [0.717, 1.165) is 26.6 Å². The maximum atomic E-state index is 13.3. The Hall–Kier alpha value is -2.36. The lowest BCUT2D eigenvalue weighted by Gasteiger charge is -2.45. The van der Waals surface area contributed by atoms with E-state index >= 15 is 0 Å². The molecule has 1 fully saturated rings. The summed E-state index contributed by atoms with van der Waals surface area (Å²) in [6.45, 7) is 7.41. The van der Waals surface area contributed by atoms with Gasteiger partial charge < -0.3 is 5.32 Å². The second-order valence-corrected chi connectivity index (χ2v) is 11.6. The van der Waals surface area contributed by atoms with Crippen molar-refractivity contribution in [1.82, 2.24) is 5.32 Å². The summed E-state index contributed by atoms with van der Waals surface area (Å²) >= 11 is 1.72. The maximum Gasteiger partial charge on any atom is 0.165 e. The van der Waals surface area contributed by atoms with E-state index in [1.807, 2.05) is 39.8 Å². The van der Waals surface area contributed by atoms with Gasteiger partial charge in [-0.05, 0) is 62.6 Å². The van der Waals surface area contributed by atoms with Crippen LogP contribution >= 0.6 is 11.3 Å². The molecule has 2 heterocycles. The Balaban J connectivity index is 1.86. The second kappa shape index (κ2) is 7.11. The minimum absolute atomic E-state index is 0.0236. The summed E-state index contributed by atoms with van der Waals surface area (Å²) in [6, 6.07) is 12.4. The van der Waals surface area contributed by atoms with Crippen LogP contribution in [0.3, 0.4) is 0 Å². The van der Waals surface area contributed by atoms with Crippen LogP contribution < -0.4 is 5.32 Å². The van der Waals surface area contributed by atoms with Gasteiger partial charge in [-0.3, -0.25) is 5.41 Å². The summed E-state index contributed by atoms with van der Waals surface area (Å²) in [5.41, 5.74) is 1.01. The molecule has 30 heavy (non-hydrogen) atoms. The van der Waals surface area contributed by atoms with Gasteiger partial charge >= 0.3 is 0 Å². The largest absolute Gasteiger partial charge is 0.362 e. The molecule has 1 aliphatic heterocycles. The monoisotopic (exact) mass is 438 g/mol. The van der Waals surface area contributed by atoms with Gasteiger partial charge in [0.15, 0.2) is 9.84 Å². The van der Waals surface area contributed by atoms with E-state index < -0.39 is 20.1 Å². The van der Waals surface area contributed by atoms with Gasteiger partial charge in [0.1, 0.15) is 10.6 Å². The Morgan fingerprint density at radius 3 is 2.33 bits per heavy atom. The minimum Gasteiger partial charge on any atom is -0.362 e. The number of hydrogen-bond acceptors (Lipinski definition) is 4. The first-order chi connectivity index (χ1) is 14.2. The molecular formula is C24H26N2O2S2. The first kappa shape index (κ1) is 20.9. The number of nitrogens with one attached hydrogen (secondary N) is 2. The average molecular weight is 439 g/mol. The zero-order valence-corrected chi connectivity index (χ0v) is 19.4. The van der Waals surface area contributed by atoms with Crippen molar-refractivity contribution >= 4 is 47.2 Å². The van der Waals surface area contributed by atoms with E-state index in [1.54, 1.807) is 11.3 Å². The van der Waals surface area contributed by atoms with Crippen molar-refractivity contribution in [3.05, 3.63) is 47.5 Å². The Morgan fingerprint density at radius 2 is 1.73 bits per heavy atom. The van der Waals surface area contributed by atoms with Gasteiger partial charge in [-0.2, -0.15) is 0 Å². The molecule has 4 rings (SSSR count). The molecule has 0 radical (unpaired) electrons. The van der Waals surface area contributed by atoms with Gasteiger partial charge in [0.2, 0.25) is 0 Å². The topological polar surface area (TPSA) is 70.0 Å². The standard InChI is InChI=1S/C24H26N2O2S2/c1-5-8-16-9-11-20-18(13-16)19-14-17(10-12-21(19)29-20)23(4)15-30(27,28)24(6-2,7-3)22(25)26-23/h9-14H,6-7,15H2,1-4H3,(H2,25,26)/t23-/m0/s1. The molecule has 0 saturated carbocycles. The molecule has 2 N–H and O–H groups in total. The van der Waals surface area contributed by atoms with Gasteiger partial charge in [-0.25, -0.2) is 8.42 Å². The third-order valence-corrected chi connectivity index (χ3v) is 10.5. The molecule has 6 heteroatoms. The van der Waals surface area contributed by atoms with Crippen LogP contribution in [-0.2, 0) is 15.4 Å². The average Bonchev–Trinajstić information content (AvgIpc) is 3.05. The Kier molecular flexibility index (Phi) is 4.95. The van der Waals surface area contributed by atoms with Gasteiger partial charge in [0, 0.05) is 25.7 Å². The Morgan fingerprint density at radius 1 is 1.10 bits per heavy atom. The fourth-order valence-corrected chi connectivity index (χ4v) is 8.22. The molecule has 1 aromatic heterocycles. The fraction of sp³-hybridized carbons (Fsp3) is 0.375. The molecule has 3 aromatic rings. The smallest absolute Gasteiger partial charge is 0.165 e. The van der Waals surface area contributed by atoms with E-state index in [-0.39, 0.29) is 11.6 Å². The van der Waals surface area contributed by atoms with Crippen molar-refractivity contribution in [1.29, 1.82) is 5.41 Å². The van der Waals surface area contributed by atoms with Crippen LogP contribution in [-0.4, -0.2) is 24.8 Å². The normalized spacial score (nSPS) is 22.5. The number of benzene rings is 2. The molecule has 0 unspecified atom stereocenters. The molecule has 2 aromatic carbocycles. The SMILES string of the molecule is CC#Cc1ccc2sc3ccc([C@]4(C)CS(=O)(=O)C(CC)(CC)C(=N)N4)cc3c2c1. The zero-order valence-electron chi connectivity index (χ0n) is 17.7. The molecule has 1 saturated heterocycles. The minimum atomic E-state index is -3.49. The summed E-state index contributed by atoms with van der Waals surface area (Å²) < 4.78 is 27.9. The summed E-state index contributed by atoms with van der Waals surface area (Å²) in [4.78, 5) is 0. The zero-order chi connectivity index (χ0) is 21.7. The van der Waals surface area contributed by atoms with Crippen molar-refractivity contribution < 1.29 is 8.42 Å². The Bertz CT molecular complexity index is 1340. The molecule has 0 aliphatic carbocycles. The quantitative estimate of drug-likeness (QED) is 0.553. The molecule has 0 bridgehead atoms. The maximum absolute atomic E-state index is 13.3. The van der Waals surface area contributed by atoms with Crippen molar-refractivity contribution in [3.63, 3.8) is 0 Å². The van der Waals surface area contributed by atoms with Crippen molar-refractivity contribution in [2.24, 2.45) is 0 Å². The summed E-state index contributed by atoms with van der Waals surface area (Å²) in [7, 11) is -3.49. The highest BCUT2D eigenvalue weighted by atomic mass is 32.2. The first-order valence-electron chi connectivity index (χ1n) is 10.2. The highest BCUT2D eigenvalue weighted by molar-refractivity contribution is 7.93. The number of rotatable bonds is 3. The van der Waals surface area contributed by atoms with Crippen LogP contribution in [0.15, 0.2) is 36.4 Å². The molecule has 1 atom stereocenters. The van der Waals surface area contributed by atoms with Gasteiger partial charge in [-0.1, -0.05) is 25.8 Å². The highest BCUT2D eigenvalue weighted by Crippen LogP contribution is 2.41. The molecular weight excluding hydrogens is 412 g/mol. The van der Waals surface area contributed by atoms with Crippen LogP contribution in [0.25, 0.3) is 20.2 Å². The molecule has 4 nitrogen and oxygen atoms in total. The highest BCUT2D eigenvalue weighted by Gasteiger charge is 2.54. The van der Waals surface area contributed by atoms with Gasteiger partial charge in [0.25, 0.3) is 0 Å². The van der Waals surface area contributed by atoms with Crippen LogP contribution in [0.1, 0.15) is 51.7 Å². The number of sulfone groups is 1. The number of fused-ring (bicyclic) bond motifs is 3. The second-order valence-electron chi connectivity index (χ2n) is 8.19. The van der Waals surface area contributed by atoms with E-state index in [1.165, 1.54) is 4.70 Å². The van der Waals surface area contributed by atoms with Gasteiger partial charge in [0.05, 0.1) is 11.3 Å². The lowest BCUT2D eigenvalue weighted by atomic mass is 9.89. The van der Waals surface area contributed by atoms with Crippen molar-refractivity contribution in [2.75, 3.05) is 5.75 Å². The first-order valence-corrected chi connectivity index (χ1v) is 12.7. The summed E-state index contributed by atoms with van der Waals surface area (Å²) in [6.07, 6.45) is 0.812. The lowest BCUT2D eigenvalue weighted by Crippen LogP contribution is -2.65. The molecule has 0 spiro atoms. The van der Waals surface area contributed by atoms with Crippen LogP contribution in [0.2, 0.25) is 0 Å². The fourth-order valence-electron chi connectivity index (χ4n) is 4.64. The van der Waals surface area contributed by atoms with E-state index in [0.29, 0.717) is 12.8 Å². The third-order valence-electron chi connectivity index (χ3n) is 6.45. The predicted octanol–water partition coefficient (Wildman–Crippen LogP) is 5.20. The number of thiophene rings is 1. The molecule has 156 valence electrons. The lowest BCUT2D eigenvalue weighted by molar-refractivity contribution is 0.425. The van der Waals surface area contributed by atoms with Crippen molar-refractivity contribution in [2.45, 2.75) is 50.8 Å². The van der Waals surface area contributed by atoms with E-state index in [2.05, 4.69) is 41.4 Å². The molecule has 0 amide bonds. The van der Waals surface area contributed by atoms with Crippen LogP contribution in [0.4, 0.5) is 0 Å². The third kappa shape index (κ3) is 2.95. The Labute approximate surface area is 182 Å². The number of amidine groups is 1. The van der Waals surface area contributed by atoms with E-state index in [4.69, 9.17) is 5.41 Å². The van der Waals surface area contributed by atoms with E-state index in [9.17, 15) is 8.42 Å². The van der Waals surface area contributed by atoms with Crippen LogP contribution in [0.5, 0.6) is 0 Å².